The lowest BCUT2D eigenvalue weighted by molar-refractivity contribution is 0.0974. The van der Waals surface area contributed by atoms with E-state index in [2.05, 4.69) is 11.3 Å². The molecule has 97 valence electrons. The second kappa shape index (κ2) is 6.55. The molecule has 0 aromatic heterocycles. The molecule has 1 N–H and O–H groups in total. The second-order valence-electron chi connectivity index (χ2n) is 4.78. The van der Waals surface area contributed by atoms with Crippen LogP contribution in [-0.4, -0.2) is 35.4 Å². The van der Waals surface area contributed by atoms with E-state index in [-0.39, 0.29) is 11.5 Å². The molecule has 0 bridgehead atoms. The number of rotatable bonds is 5. The highest BCUT2D eigenvalue weighted by molar-refractivity contribution is 5.96. The quantitative estimate of drug-likeness (QED) is 0.812. The average molecular weight is 246 g/mol. The normalized spacial score (nSPS) is 16.7. The molecule has 1 fully saturated rings. The summed E-state index contributed by atoms with van der Waals surface area (Å²) < 4.78 is 0. The van der Waals surface area contributed by atoms with E-state index < -0.39 is 0 Å². The highest BCUT2D eigenvalue weighted by Crippen LogP contribution is 2.13. The molecule has 3 heteroatoms. The lowest BCUT2D eigenvalue weighted by atomic mass is 10.1. The van der Waals surface area contributed by atoms with Crippen LogP contribution in [0, 0.1) is 6.42 Å². The molecule has 0 unspecified atom stereocenters. The predicted molar refractivity (Wildman–Crippen MR) is 71.6 cm³/mol. The number of likely N-dealkylation sites (tertiary alicyclic amines) is 1. The van der Waals surface area contributed by atoms with Crippen molar-refractivity contribution in [2.45, 2.75) is 25.7 Å². The summed E-state index contributed by atoms with van der Waals surface area (Å²) in [6.07, 6.45) is 6.18. The minimum Gasteiger partial charge on any atom is -0.508 e. The summed E-state index contributed by atoms with van der Waals surface area (Å²) in [5, 5.41) is 9.16. The smallest absolute Gasteiger partial charge is 0.162 e. The maximum atomic E-state index is 11.9. The van der Waals surface area contributed by atoms with E-state index in [1.807, 2.05) is 0 Å². The van der Waals surface area contributed by atoms with Crippen molar-refractivity contribution < 1.29 is 9.90 Å². The van der Waals surface area contributed by atoms with Gasteiger partial charge in [-0.05, 0) is 69.6 Å². The fourth-order valence-electron chi connectivity index (χ4n) is 2.28. The number of ketones is 1. The Morgan fingerprint density at radius 1 is 1.17 bits per heavy atom. The molecule has 18 heavy (non-hydrogen) atoms. The molecule has 1 radical (unpaired) electrons. The number of hydrogen-bond donors (Lipinski definition) is 1. The third-order valence-corrected chi connectivity index (χ3v) is 3.37. The van der Waals surface area contributed by atoms with E-state index in [4.69, 9.17) is 5.11 Å². The lowest BCUT2D eigenvalue weighted by Crippen LogP contribution is -2.31. The fraction of sp³-hybridized carbons (Fsp3) is 0.467. The highest BCUT2D eigenvalue weighted by atomic mass is 16.3. The van der Waals surface area contributed by atoms with Crippen LogP contribution in [0.3, 0.4) is 0 Å². The molecule has 1 aromatic carbocycles. The number of nitrogens with zero attached hydrogens (tertiary/aromatic N) is 1. The van der Waals surface area contributed by atoms with Gasteiger partial charge in [0.25, 0.3) is 0 Å². The number of hydrogen-bond acceptors (Lipinski definition) is 3. The summed E-state index contributed by atoms with van der Waals surface area (Å²) in [5.41, 5.74) is 0.694. The van der Waals surface area contributed by atoms with Crippen LogP contribution in [0.15, 0.2) is 24.3 Å². The highest BCUT2D eigenvalue weighted by Gasteiger charge is 2.11. The molecule has 2 rings (SSSR count). The van der Waals surface area contributed by atoms with Crippen molar-refractivity contribution in [2.75, 3.05) is 19.6 Å². The van der Waals surface area contributed by atoms with Gasteiger partial charge in [-0.3, -0.25) is 4.79 Å². The zero-order valence-corrected chi connectivity index (χ0v) is 10.6. The molecular weight excluding hydrogens is 226 g/mol. The van der Waals surface area contributed by atoms with Crippen LogP contribution in [0.2, 0.25) is 0 Å². The molecule has 1 aliphatic heterocycles. The Bertz CT molecular complexity index is 380. The van der Waals surface area contributed by atoms with Gasteiger partial charge in [0.2, 0.25) is 0 Å². The van der Waals surface area contributed by atoms with E-state index in [0.29, 0.717) is 12.0 Å². The minimum atomic E-state index is 0.165. The SMILES string of the molecule is O=C(CCCN1CC[CH]CC1)c1ccc(O)cc1. The van der Waals surface area contributed by atoms with E-state index in [9.17, 15) is 4.79 Å². The Kier molecular flexibility index (Phi) is 4.76. The first-order valence-electron chi connectivity index (χ1n) is 6.62. The first-order valence-corrected chi connectivity index (χ1v) is 6.62. The predicted octanol–water partition coefficient (Wildman–Crippen LogP) is 2.66. The molecule has 1 heterocycles. The summed E-state index contributed by atoms with van der Waals surface area (Å²) in [4.78, 5) is 14.3. The summed E-state index contributed by atoms with van der Waals surface area (Å²) in [7, 11) is 0. The van der Waals surface area contributed by atoms with Crippen molar-refractivity contribution in [3.63, 3.8) is 0 Å². The molecule has 1 aliphatic rings. The molecule has 1 saturated heterocycles. The third-order valence-electron chi connectivity index (χ3n) is 3.37. The topological polar surface area (TPSA) is 40.5 Å². The Morgan fingerprint density at radius 2 is 1.83 bits per heavy atom. The number of aromatic hydroxyl groups is 1. The Morgan fingerprint density at radius 3 is 2.50 bits per heavy atom. The molecule has 0 saturated carbocycles. The average Bonchev–Trinajstić information content (AvgIpc) is 2.40. The molecule has 3 nitrogen and oxygen atoms in total. The largest absolute Gasteiger partial charge is 0.508 e. The van der Waals surface area contributed by atoms with Crippen molar-refractivity contribution in [3.05, 3.63) is 36.2 Å². The van der Waals surface area contributed by atoms with Crippen LogP contribution >= 0.6 is 0 Å². The van der Waals surface area contributed by atoms with Crippen LogP contribution in [0.25, 0.3) is 0 Å². The van der Waals surface area contributed by atoms with E-state index in [1.165, 1.54) is 12.8 Å². The molecule has 1 aromatic rings. The van der Waals surface area contributed by atoms with Crippen LogP contribution < -0.4 is 0 Å². The van der Waals surface area contributed by atoms with Gasteiger partial charge in [0.05, 0.1) is 0 Å². The Labute approximate surface area is 108 Å². The number of carbonyl (C=O) groups is 1. The molecule has 0 amide bonds. The van der Waals surface area contributed by atoms with Crippen LogP contribution in [-0.2, 0) is 0 Å². The van der Waals surface area contributed by atoms with Gasteiger partial charge < -0.3 is 10.0 Å². The second-order valence-corrected chi connectivity index (χ2v) is 4.78. The summed E-state index contributed by atoms with van der Waals surface area (Å²) in [6.45, 7) is 3.28. The van der Waals surface area contributed by atoms with Crippen LogP contribution in [0.4, 0.5) is 0 Å². The van der Waals surface area contributed by atoms with Crippen molar-refractivity contribution >= 4 is 5.78 Å². The minimum absolute atomic E-state index is 0.165. The first-order chi connectivity index (χ1) is 8.75. The molecule has 0 spiro atoms. The van der Waals surface area contributed by atoms with Crippen molar-refractivity contribution in [2.24, 2.45) is 0 Å². The number of benzene rings is 1. The molecular formula is C15H20NO2. The molecule has 0 atom stereocenters. The monoisotopic (exact) mass is 246 g/mol. The van der Waals surface area contributed by atoms with E-state index >= 15 is 0 Å². The third kappa shape index (κ3) is 3.84. The Hall–Kier alpha value is -1.35. The number of carbonyl (C=O) groups excluding carboxylic acids is 1. The van der Waals surface area contributed by atoms with Crippen molar-refractivity contribution in [1.82, 2.24) is 4.90 Å². The van der Waals surface area contributed by atoms with E-state index in [0.717, 1.165) is 26.1 Å². The maximum absolute atomic E-state index is 11.9. The van der Waals surface area contributed by atoms with Gasteiger partial charge in [-0.1, -0.05) is 0 Å². The number of piperidine rings is 1. The number of phenols is 1. The van der Waals surface area contributed by atoms with Crippen LogP contribution in [0.5, 0.6) is 5.75 Å². The van der Waals surface area contributed by atoms with Crippen molar-refractivity contribution in [1.29, 1.82) is 0 Å². The van der Waals surface area contributed by atoms with Crippen molar-refractivity contribution in [3.8, 4) is 5.75 Å². The summed E-state index contributed by atoms with van der Waals surface area (Å²) in [5.74, 6) is 0.370. The van der Waals surface area contributed by atoms with Gasteiger partial charge in [0.15, 0.2) is 5.78 Å². The zero-order chi connectivity index (χ0) is 12.8. The van der Waals surface area contributed by atoms with Gasteiger partial charge in [0, 0.05) is 12.0 Å². The first kappa shape index (κ1) is 13.1. The molecule has 0 aliphatic carbocycles. The Balaban J connectivity index is 1.72. The van der Waals surface area contributed by atoms with Gasteiger partial charge in [-0.2, -0.15) is 0 Å². The lowest BCUT2D eigenvalue weighted by Gasteiger charge is -2.25. The zero-order valence-electron chi connectivity index (χ0n) is 10.6. The van der Waals surface area contributed by atoms with Gasteiger partial charge in [-0.15, -0.1) is 0 Å². The van der Waals surface area contributed by atoms with Crippen LogP contribution in [0.1, 0.15) is 36.0 Å². The fourth-order valence-corrected chi connectivity index (χ4v) is 2.28. The van der Waals surface area contributed by atoms with Gasteiger partial charge in [0.1, 0.15) is 5.75 Å². The standard InChI is InChI=1S/C15H20NO2/c17-14-8-6-13(7-9-14)15(18)5-4-12-16-10-2-1-3-11-16/h1,6-9,17H,2-5,10-12H2. The summed E-state index contributed by atoms with van der Waals surface area (Å²) >= 11 is 0. The number of phenolic OH excluding ortho intramolecular Hbond substituents is 1. The number of Topliss-reactive ketones (excluding diaryl/α,β-unsaturated/α-hetero) is 1. The summed E-state index contributed by atoms with van der Waals surface area (Å²) in [6, 6.07) is 6.50. The van der Waals surface area contributed by atoms with E-state index in [1.54, 1.807) is 24.3 Å². The maximum Gasteiger partial charge on any atom is 0.162 e. The van der Waals surface area contributed by atoms with Gasteiger partial charge in [-0.25, -0.2) is 0 Å². The van der Waals surface area contributed by atoms with Gasteiger partial charge >= 0.3 is 0 Å².